The Bertz CT molecular complexity index is 913. The molecule has 0 radical (unpaired) electrons. The van der Waals surface area contributed by atoms with E-state index < -0.39 is 5.97 Å². The Labute approximate surface area is 152 Å². The fourth-order valence-corrected chi connectivity index (χ4v) is 3.07. The van der Waals surface area contributed by atoms with Gasteiger partial charge in [-0.15, -0.1) is 0 Å². The van der Waals surface area contributed by atoms with Crippen LogP contribution in [0.5, 0.6) is 5.75 Å². The van der Waals surface area contributed by atoms with Crippen molar-refractivity contribution in [3.8, 4) is 5.75 Å². The number of fused-ring (bicyclic) bond motifs is 1. The van der Waals surface area contributed by atoms with E-state index in [1.165, 1.54) is 0 Å². The number of furan rings is 1. The summed E-state index contributed by atoms with van der Waals surface area (Å²) in [6.45, 7) is 2.52. The molecule has 0 atom stereocenters. The van der Waals surface area contributed by atoms with Crippen molar-refractivity contribution in [3.63, 3.8) is 0 Å². The van der Waals surface area contributed by atoms with Gasteiger partial charge in [-0.3, -0.25) is 0 Å². The van der Waals surface area contributed by atoms with E-state index in [2.05, 4.69) is 0 Å². The maximum Gasteiger partial charge on any atom is 0.342 e. The van der Waals surface area contributed by atoms with Crippen LogP contribution in [0.2, 0.25) is 0 Å². The van der Waals surface area contributed by atoms with Crippen LogP contribution in [0.3, 0.4) is 0 Å². The van der Waals surface area contributed by atoms with Crippen LogP contribution in [0, 0.1) is 6.92 Å². The van der Waals surface area contributed by atoms with Crippen molar-refractivity contribution in [3.05, 3.63) is 64.9 Å². The number of ether oxygens (including phenoxy) is 1. The SMILES string of the molecule is Cc1oc2ccc(O)c(CN(C)C)c2c1C(=O)OCCc1ccccc1. The molecule has 1 aromatic heterocycles. The molecule has 0 saturated heterocycles. The Hall–Kier alpha value is -2.79. The first-order valence-electron chi connectivity index (χ1n) is 8.57. The first-order valence-corrected chi connectivity index (χ1v) is 8.57. The molecule has 1 heterocycles. The third kappa shape index (κ3) is 3.73. The normalized spacial score (nSPS) is 11.2. The minimum atomic E-state index is -0.428. The Kier molecular flexibility index (Phi) is 5.28. The van der Waals surface area contributed by atoms with E-state index in [-0.39, 0.29) is 12.4 Å². The van der Waals surface area contributed by atoms with Gasteiger partial charge in [-0.05, 0) is 38.7 Å². The third-order valence-electron chi connectivity index (χ3n) is 4.26. The highest BCUT2D eigenvalue weighted by atomic mass is 16.5. The smallest absolute Gasteiger partial charge is 0.342 e. The molecule has 136 valence electrons. The van der Waals surface area contributed by atoms with Crippen molar-refractivity contribution < 1.29 is 19.1 Å². The Morgan fingerprint density at radius 1 is 1.15 bits per heavy atom. The van der Waals surface area contributed by atoms with Crippen LogP contribution in [0.4, 0.5) is 0 Å². The molecule has 26 heavy (non-hydrogen) atoms. The highest BCUT2D eigenvalue weighted by Crippen LogP contribution is 2.34. The average molecular weight is 353 g/mol. The molecule has 0 aliphatic rings. The highest BCUT2D eigenvalue weighted by molar-refractivity contribution is 6.06. The summed E-state index contributed by atoms with van der Waals surface area (Å²) in [4.78, 5) is 14.6. The minimum Gasteiger partial charge on any atom is -0.508 e. The predicted molar refractivity (Wildman–Crippen MR) is 100 cm³/mol. The van der Waals surface area contributed by atoms with Crippen molar-refractivity contribution in [1.82, 2.24) is 4.90 Å². The maximum absolute atomic E-state index is 12.7. The van der Waals surface area contributed by atoms with Crippen molar-refractivity contribution >= 4 is 16.9 Å². The van der Waals surface area contributed by atoms with E-state index in [0.29, 0.717) is 40.8 Å². The molecule has 0 aliphatic heterocycles. The fraction of sp³-hybridized carbons (Fsp3) is 0.286. The van der Waals surface area contributed by atoms with Gasteiger partial charge in [-0.25, -0.2) is 4.79 Å². The largest absolute Gasteiger partial charge is 0.508 e. The van der Waals surface area contributed by atoms with Gasteiger partial charge in [0.2, 0.25) is 0 Å². The van der Waals surface area contributed by atoms with Crippen molar-refractivity contribution in [1.29, 1.82) is 0 Å². The molecule has 0 amide bonds. The Morgan fingerprint density at radius 2 is 1.88 bits per heavy atom. The summed E-state index contributed by atoms with van der Waals surface area (Å²) in [7, 11) is 3.81. The quantitative estimate of drug-likeness (QED) is 0.681. The molecule has 0 spiro atoms. The summed E-state index contributed by atoms with van der Waals surface area (Å²) in [5.41, 5.74) is 2.74. The van der Waals surface area contributed by atoms with Gasteiger partial charge >= 0.3 is 5.97 Å². The molecule has 1 N–H and O–H groups in total. The summed E-state index contributed by atoms with van der Waals surface area (Å²) in [6.07, 6.45) is 0.650. The van der Waals surface area contributed by atoms with E-state index in [9.17, 15) is 9.90 Å². The van der Waals surface area contributed by atoms with Crippen LogP contribution in [0.15, 0.2) is 46.9 Å². The van der Waals surface area contributed by atoms with Gasteiger partial charge in [0.25, 0.3) is 0 Å². The number of phenols is 1. The van der Waals surface area contributed by atoms with Crippen LogP contribution >= 0.6 is 0 Å². The first kappa shape index (κ1) is 18.0. The second-order valence-corrected chi connectivity index (χ2v) is 6.58. The van der Waals surface area contributed by atoms with Gasteiger partial charge < -0.3 is 19.2 Å². The lowest BCUT2D eigenvalue weighted by atomic mass is 10.0. The fourth-order valence-electron chi connectivity index (χ4n) is 3.07. The summed E-state index contributed by atoms with van der Waals surface area (Å²) >= 11 is 0. The summed E-state index contributed by atoms with van der Waals surface area (Å²) < 4.78 is 11.2. The van der Waals surface area contributed by atoms with Crippen LogP contribution < -0.4 is 0 Å². The number of phenolic OH excluding ortho intramolecular Hbond substituents is 1. The Morgan fingerprint density at radius 3 is 2.58 bits per heavy atom. The number of aromatic hydroxyl groups is 1. The van der Waals surface area contributed by atoms with Gasteiger partial charge in [0, 0.05) is 23.9 Å². The number of nitrogens with zero attached hydrogens (tertiary/aromatic N) is 1. The lowest BCUT2D eigenvalue weighted by Gasteiger charge is -2.13. The van der Waals surface area contributed by atoms with Gasteiger partial charge in [0.05, 0.1) is 6.61 Å². The van der Waals surface area contributed by atoms with E-state index in [4.69, 9.17) is 9.15 Å². The molecule has 0 saturated carbocycles. The van der Waals surface area contributed by atoms with E-state index in [1.54, 1.807) is 19.1 Å². The topological polar surface area (TPSA) is 62.9 Å². The molecule has 5 heteroatoms. The molecule has 0 unspecified atom stereocenters. The second-order valence-electron chi connectivity index (χ2n) is 6.58. The molecule has 3 rings (SSSR count). The zero-order valence-electron chi connectivity index (χ0n) is 15.3. The number of hydrogen-bond donors (Lipinski definition) is 1. The van der Waals surface area contributed by atoms with Gasteiger partial charge in [0.15, 0.2) is 0 Å². The van der Waals surface area contributed by atoms with Gasteiger partial charge in [-0.2, -0.15) is 0 Å². The molecule has 0 fully saturated rings. The third-order valence-corrected chi connectivity index (χ3v) is 4.26. The number of carbonyl (C=O) groups excluding carboxylic acids is 1. The lowest BCUT2D eigenvalue weighted by molar-refractivity contribution is 0.0509. The summed E-state index contributed by atoms with van der Waals surface area (Å²) in [6, 6.07) is 13.1. The maximum atomic E-state index is 12.7. The number of aryl methyl sites for hydroxylation is 1. The highest BCUT2D eigenvalue weighted by Gasteiger charge is 2.24. The Balaban J connectivity index is 1.87. The molecule has 3 aromatic rings. The summed E-state index contributed by atoms with van der Waals surface area (Å²) in [5, 5.41) is 10.9. The monoisotopic (exact) mass is 353 g/mol. The van der Waals surface area contributed by atoms with E-state index in [0.717, 1.165) is 5.56 Å². The van der Waals surface area contributed by atoms with E-state index >= 15 is 0 Å². The number of esters is 1. The molecule has 0 bridgehead atoms. The molecular weight excluding hydrogens is 330 g/mol. The first-order chi connectivity index (χ1) is 12.5. The molecule has 2 aromatic carbocycles. The minimum absolute atomic E-state index is 0.144. The van der Waals surface area contributed by atoms with Crippen LogP contribution in [0.25, 0.3) is 11.0 Å². The lowest BCUT2D eigenvalue weighted by Crippen LogP contribution is -2.13. The number of rotatable bonds is 6. The number of benzene rings is 2. The average Bonchev–Trinajstić information content (AvgIpc) is 2.94. The van der Waals surface area contributed by atoms with Gasteiger partial charge in [-0.1, -0.05) is 30.3 Å². The molecular formula is C21H23NO4. The van der Waals surface area contributed by atoms with Crippen molar-refractivity contribution in [2.24, 2.45) is 0 Å². The van der Waals surface area contributed by atoms with Crippen LogP contribution in [0.1, 0.15) is 27.2 Å². The zero-order valence-corrected chi connectivity index (χ0v) is 15.3. The molecule has 5 nitrogen and oxygen atoms in total. The van der Waals surface area contributed by atoms with Crippen molar-refractivity contribution in [2.45, 2.75) is 19.9 Å². The standard InChI is InChI=1S/C21H23NO4/c1-14-19(21(24)25-12-11-15-7-5-4-6-8-15)20-16(13-22(2)3)17(23)9-10-18(20)26-14/h4-10,23H,11-13H2,1-3H3. The van der Waals surface area contributed by atoms with Crippen LogP contribution in [-0.4, -0.2) is 36.7 Å². The molecule has 0 aliphatic carbocycles. The number of hydrogen-bond acceptors (Lipinski definition) is 5. The van der Waals surface area contributed by atoms with Gasteiger partial charge in [0.1, 0.15) is 22.7 Å². The number of carbonyl (C=O) groups is 1. The zero-order chi connectivity index (χ0) is 18.7. The van der Waals surface area contributed by atoms with Crippen molar-refractivity contribution in [2.75, 3.05) is 20.7 Å². The summed E-state index contributed by atoms with van der Waals surface area (Å²) in [5.74, 6) is 0.212. The predicted octanol–water partition coefficient (Wildman–Crippen LogP) is 3.91. The van der Waals surface area contributed by atoms with E-state index in [1.807, 2.05) is 49.3 Å². The second kappa shape index (κ2) is 7.62. The van der Waals surface area contributed by atoms with Crippen LogP contribution in [-0.2, 0) is 17.7 Å².